The summed E-state index contributed by atoms with van der Waals surface area (Å²) in [5.41, 5.74) is 0.896. The predicted molar refractivity (Wildman–Crippen MR) is 120 cm³/mol. The normalized spacial score (nSPS) is 21.1. The average molecular weight is 457 g/mol. The minimum Gasteiger partial charge on any atom is -0.465 e. The van der Waals surface area contributed by atoms with Crippen LogP contribution in [0.5, 0.6) is 0 Å². The molecule has 2 aliphatic rings. The van der Waals surface area contributed by atoms with Crippen molar-refractivity contribution >= 4 is 40.9 Å². The number of amides is 2. The fourth-order valence-electron chi connectivity index (χ4n) is 4.07. The minimum atomic E-state index is -1.03. The van der Waals surface area contributed by atoms with E-state index >= 15 is 0 Å². The quantitative estimate of drug-likeness (QED) is 0.750. The zero-order valence-corrected chi connectivity index (χ0v) is 19.3. The molecule has 0 aromatic heterocycles. The Morgan fingerprint density at radius 1 is 1.07 bits per heavy atom. The predicted octanol–water partition coefficient (Wildman–Crippen LogP) is 3.49. The number of nitrogens with zero attached hydrogens (tertiary/aromatic N) is 4. The monoisotopic (exact) mass is 456 g/mol. The van der Waals surface area contributed by atoms with Gasteiger partial charge in [0.25, 0.3) is 0 Å². The van der Waals surface area contributed by atoms with Gasteiger partial charge in [-0.2, -0.15) is 0 Å². The molecule has 0 unspecified atom stereocenters. The van der Waals surface area contributed by atoms with Gasteiger partial charge in [-0.1, -0.05) is 30.1 Å². The van der Waals surface area contributed by atoms with Crippen molar-refractivity contribution in [2.75, 3.05) is 50.7 Å². The molecule has 0 aliphatic carbocycles. The van der Waals surface area contributed by atoms with E-state index in [1.807, 2.05) is 12.1 Å². The SMILES string of the molecule is CCC(C)(C)N1CCN(C(=O)O)[C@H](C(=O)N2CCN(c3ccc(Cl)c(Cl)c3)CC2)C1. The van der Waals surface area contributed by atoms with Crippen LogP contribution < -0.4 is 4.90 Å². The topological polar surface area (TPSA) is 67.3 Å². The molecule has 0 bridgehead atoms. The van der Waals surface area contributed by atoms with Crippen LogP contribution in [0.2, 0.25) is 10.0 Å². The summed E-state index contributed by atoms with van der Waals surface area (Å²) in [4.78, 5) is 32.6. The van der Waals surface area contributed by atoms with Crippen LogP contribution in [0, 0.1) is 0 Å². The molecule has 2 amide bonds. The van der Waals surface area contributed by atoms with Crippen molar-refractivity contribution in [1.82, 2.24) is 14.7 Å². The highest BCUT2D eigenvalue weighted by Crippen LogP contribution is 2.28. The molecule has 0 radical (unpaired) electrons. The van der Waals surface area contributed by atoms with Crippen LogP contribution in [0.4, 0.5) is 10.5 Å². The first kappa shape index (κ1) is 23.0. The number of hydrogen-bond acceptors (Lipinski definition) is 4. The van der Waals surface area contributed by atoms with E-state index in [4.69, 9.17) is 23.2 Å². The standard InChI is InChI=1S/C21H30Cl2N4O3/c1-4-21(2,3)26-11-12-27(20(29)30)18(14-26)19(28)25-9-7-24(8-10-25)15-5-6-16(22)17(23)13-15/h5-6,13,18H,4,7-12,14H2,1-3H3,(H,29,30)/t18-/m0/s1. The fraction of sp³-hybridized carbons (Fsp3) is 0.619. The van der Waals surface area contributed by atoms with Crippen molar-refractivity contribution in [2.45, 2.75) is 38.8 Å². The molecule has 2 aliphatic heterocycles. The van der Waals surface area contributed by atoms with Crippen molar-refractivity contribution in [3.05, 3.63) is 28.2 Å². The van der Waals surface area contributed by atoms with Crippen molar-refractivity contribution < 1.29 is 14.7 Å². The molecule has 1 aromatic carbocycles. The lowest BCUT2D eigenvalue weighted by Crippen LogP contribution is -2.65. The van der Waals surface area contributed by atoms with Crippen molar-refractivity contribution in [3.63, 3.8) is 0 Å². The molecule has 1 atom stereocenters. The van der Waals surface area contributed by atoms with Gasteiger partial charge in [0.15, 0.2) is 0 Å². The lowest BCUT2D eigenvalue weighted by molar-refractivity contribution is -0.140. The molecule has 0 saturated carbocycles. The molecule has 30 heavy (non-hydrogen) atoms. The number of anilines is 1. The van der Waals surface area contributed by atoms with Crippen LogP contribution in [0.1, 0.15) is 27.2 Å². The van der Waals surface area contributed by atoms with E-state index < -0.39 is 12.1 Å². The second-order valence-electron chi connectivity index (χ2n) is 8.51. The number of piperazine rings is 2. The van der Waals surface area contributed by atoms with Gasteiger partial charge in [0.1, 0.15) is 6.04 Å². The van der Waals surface area contributed by atoms with E-state index in [0.717, 1.165) is 12.1 Å². The molecule has 1 N–H and O–H groups in total. The number of hydrogen-bond donors (Lipinski definition) is 1. The summed E-state index contributed by atoms with van der Waals surface area (Å²) in [6, 6.07) is 4.86. The summed E-state index contributed by atoms with van der Waals surface area (Å²) in [6.45, 7) is 10.2. The number of rotatable bonds is 4. The number of benzene rings is 1. The number of carbonyl (C=O) groups is 2. The Balaban J connectivity index is 1.68. The zero-order valence-electron chi connectivity index (χ0n) is 17.8. The fourth-order valence-corrected chi connectivity index (χ4v) is 4.37. The first-order valence-corrected chi connectivity index (χ1v) is 11.1. The first-order chi connectivity index (χ1) is 14.1. The molecule has 2 heterocycles. The largest absolute Gasteiger partial charge is 0.465 e. The van der Waals surface area contributed by atoms with E-state index in [-0.39, 0.29) is 11.4 Å². The van der Waals surface area contributed by atoms with Gasteiger partial charge in [-0.15, -0.1) is 0 Å². The molecule has 166 valence electrons. The molecular formula is C21H30Cl2N4O3. The Labute approximate surface area is 188 Å². The third-order valence-corrected chi connectivity index (χ3v) is 7.23. The van der Waals surface area contributed by atoms with Crippen molar-refractivity contribution in [2.24, 2.45) is 0 Å². The number of carbonyl (C=O) groups excluding carboxylic acids is 1. The van der Waals surface area contributed by atoms with Gasteiger partial charge < -0.3 is 14.9 Å². The highest BCUT2D eigenvalue weighted by molar-refractivity contribution is 6.42. The van der Waals surface area contributed by atoms with Crippen LogP contribution in [-0.2, 0) is 4.79 Å². The van der Waals surface area contributed by atoms with Gasteiger partial charge in [-0.3, -0.25) is 14.6 Å². The van der Waals surface area contributed by atoms with Crippen molar-refractivity contribution in [3.8, 4) is 0 Å². The third-order valence-electron chi connectivity index (χ3n) is 6.49. The van der Waals surface area contributed by atoms with Gasteiger partial charge in [-0.25, -0.2) is 4.79 Å². The molecule has 1 aromatic rings. The summed E-state index contributed by atoms with van der Waals surface area (Å²) in [5, 5.41) is 10.7. The molecular weight excluding hydrogens is 427 g/mol. The van der Waals surface area contributed by atoms with Crippen LogP contribution >= 0.6 is 23.2 Å². The van der Waals surface area contributed by atoms with Gasteiger partial charge in [0.2, 0.25) is 5.91 Å². The van der Waals surface area contributed by atoms with E-state index in [2.05, 4.69) is 30.6 Å². The maximum absolute atomic E-state index is 13.3. The highest BCUT2D eigenvalue weighted by atomic mass is 35.5. The number of carboxylic acid groups (broad SMARTS) is 1. The molecule has 9 heteroatoms. The van der Waals surface area contributed by atoms with Gasteiger partial charge in [0.05, 0.1) is 10.0 Å². The molecule has 3 rings (SSSR count). The Hall–Kier alpha value is -1.70. The molecule has 2 fully saturated rings. The Kier molecular flexibility index (Phi) is 7.05. The van der Waals surface area contributed by atoms with Crippen LogP contribution in [0.3, 0.4) is 0 Å². The van der Waals surface area contributed by atoms with Crippen LogP contribution in [0.15, 0.2) is 18.2 Å². The van der Waals surface area contributed by atoms with E-state index in [1.165, 1.54) is 4.90 Å². The summed E-state index contributed by atoms with van der Waals surface area (Å²) in [5.74, 6) is -0.109. The van der Waals surface area contributed by atoms with E-state index in [1.54, 1.807) is 11.0 Å². The second-order valence-corrected chi connectivity index (χ2v) is 9.33. The van der Waals surface area contributed by atoms with E-state index in [9.17, 15) is 14.7 Å². The van der Waals surface area contributed by atoms with Gasteiger partial charge in [0, 0.05) is 57.0 Å². The third kappa shape index (κ3) is 4.79. The second kappa shape index (κ2) is 9.20. The van der Waals surface area contributed by atoms with E-state index in [0.29, 0.717) is 55.9 Å². The van der Waals surface area contributed by atoms with Crippen LogP contribution in [0.25, 0.3) is 0 Å². The average Bonchev–Trinajstić information content (AvgIpc) is 2.74. The summed E-state index contributed by atoms with van der Waals surface area (Å²) in [6.07, 6.45) is -0.0970. The molecule has 0 spiro atoms. The Morgan fingerprint density at radius 2 is 1.73 bits per heavy atom. The maximum atomic E-state index is 13.3. The Bertz CT molecular complexity index is 796. The molecule has 2 saturated heterocycles. The van der Waals surface area contributed by atoms with Crippen molar-refractivity contribution in [1.29, 1.82) is 0 Å². The minimum absolute atomic E-state index is 0.0737. The molecule has 7 nitrogen and oxygen atoms in total. The highest BCUT2D eigenvalue weighted by Gasteiger charge is 2.41. The summed E-state index contributed by atoms with van der Waals surface area (Å²) < 4.78 is 0. The Morgan fingerprint density at radius 3 is 2.30 bits per heavy atom. The first-order valence-electron chi connectivity index (χ1n) is 10.4. The lowest BCUT2D eigenvalue weighted by atomic mass is 9.96. The zero-order chi connectivity index (χ0) is 22.1. The smallest absolute Gasteiger partial charge is 0.408 e. The lowest BCUT2D eigenvalue weighted by Gasteiger charge is -2.47. The maximum Gasteiger partial charge on any atom is 0.408 e. The van der Waals surface area contributed by atoms with Gasteiger partial charge in [-0.05, 0) is 38.5 Å². The summed E-state index contributed by atoms with van der Waals surface area (Å²) in [7, 11) is 0. The van der Waals surface area contributed by atoms with Gasteiger partial charge >= 0.3 is 6.09 Å². The number of halogens is 2. The summed E-state index contributed by atoms with van der Waals surface area (Å²) >= 11 is 12.1. The van der Waals surface area contributed by atoms with Crippen LogP contribution in [-0.4, -0.2) is 89.2 Å².